The quantitative estimate of drug-likeness (QED) is 0.493. The van der Waals surface area contributed by atoms with Gasteiger partial charge in [-0.2, -0.15) is 0 Å². The molecule has 0 aliphatic rings. The van der Waals surface area contributed by atoms with Crippen LogP contribution in [0, 0.1) is 6.92 Å². The van der Waals surface area contributed by atoms with Gasteiger partial charge in [0.1, 0.15) is 9.88 Å². The summed E-state index contributed by atoms with van der Waals surface area (Å²) >= 11 is 6.46. The number of aryl methyl sites for hydroxylation is 1. The second-order valence-electron chi connectivity index (χ2n) is 6.12. The molecule has 0 fully saturated rings. The van der Waals surface area contributed by atoms with Gasteiger partial charge in [-0.25, -0.2) is 9.59 Å². The van der Waals surface area contributed by atoms with Crippen molar-refractivity contribution in [1.29, 1.82) is 0 Å². The molecule has 0 aliphatic carbocycles. The van der Waals surface area contributed by atoms with Crippen LogP contribution in [0.5, 0.6) is 0 Å². The molecule has 2 aromatic rings. The molecule has 150 valence electrons. The van der Waals surface area contributed by atoms with Crippen LogP contribution in [0.25, 0.3) is 0 Å². The fraction of sp³-hybridized carbons (Fsp3) is 0.350. The molecule has 1 heterocycles. The minimum atomic E-state index is -0.547. The first-order valence-corrected chi connectivity index (χ1v) is 10.1. The van der Waals surface area contributed by atoms with Crippen LogP contribution in [-0.2, 0) is 15.9 Å². The van der Waals surface area contributed by atoms with E-state index in [1.807, 2.05) is 12.1 Å². The van der Waals surface area contributed by atoms with Gasteiger partial charge in [-0.1, -0.05) is 25.5 Å². The average Bonchev–Trinajstić information content (AvgIpc) is 3.01. The highest BCUT2D eigenvalue weighted by Crippen LogP contribution is 2.34. The Morgan fingerprint density at radius 1 is 1.07 bits per heavy atom. The number of anilines is 2. The van der Waals surface area contributed by atoms with Crippen molar-refractivity contribution in [1.82, 2.24) is 0 Å². The van der Waals surface area contributed by atoms with Crippen molar-refractivity contribution >= 4 is 51.3 Å². The molecule has 0 atom stereocenters. The van der Waals surface area contributed by atoms with Gasteiger partial charge in [-0.05, 0) is 55.2 Å². The first-order chi connectivity index (χ1) is 13.4. The molecule has 0 unspecified atom stereocenters. The first kappa shape index (κ1) is 21.8. The van der Waals surface area contributed by atoms with E-state index < -0.39 is 11.9 Å². The van der Waals surface area contributed by atoms with E-state index in [-0.39, 0.29) is 5.56 Å². The Hall–Kier alpha value is -2.45. The van der Waals surface area contributed by atoms with E-state index in [4.69, 9.17) is 21.7 Å². The van der Waals surface area contributed by atoms with Crippen molar-refractivity contribution in [3.8, 4) is 0 Å². The van der Waals surface area contributed by atoms with Crippen LogP contribution in [0.3, 0.4) is 0 Å². The van der Waals surface area contributed by atoms with Gasteiger partial charge in [0.05, 0.1) is 19.8 Å². The molecular formula is C20H24N2O4S2. The zero-order valence-corrected chi connectivity index (χ0v) is 18.0. The van der Waals surface area contributed by atoms with E-state index in [1.165, 1.54) is 19.8 Å². The van der Waals surface area contributed by atoms with Gasteiger partial charge >= 0.3 is 11.9 Å². The molecule has 0 spiro atoms. The highest BCUT2D eigenvalue weighted by molar-refractivity contribution is 7.80. The van der Waals surface area contributed by atoms with Crippen LogP contribution in [0.1, 0.15) is 50.9 Å². The summed E-state index contributed by atoms with van der Waals surface area (Å²) in [5.41, 5.74) is 2.87. The lowest BCUT2D eigenvalue weighted by molar-refractivity contribution is 0.0601. The van der Waals surface area contributed by atoms with Crippen LogP contribution in [0.4, 0.5) is 10.7 Å². The van der Waals surface area contributed by atoms with E-state index in [1.54, 1.807) is 6.92 Å². The number of nitrogens with one attached hydrogen (secondary N) is 2. The zero-order valence-electron chi connectivity index (χ0n) is 16.4. The standard InChI is InChI=1S/C20H24N2O4S2/c1-5-6-7-13-8-10-14(11-9-13)21-20(27)22-17-15(18(23)25-3)12(2)16(28-17)19(24)26-4/h8-11H,5-7H2,1-4H3,(H2,21,22,27). The minimum Gasteiger partial charge on any atom is -0.465 e. The summed E-state index contributed by atoms with van der Waals surface area (Å²) in [4.78, 5) is 24.5. The molecule has 0 saturated carbocycles. The van der Waals surface area contributed by atoms with Crippen molar-refractivity contribution in [2.75, 3.05) is 24.9 Å². The molecule has 0 radical (unpaired) electrons. The Morgan fingerprint density at radius 3 is 2.29 bits per heavy atom. The normalized spacial score (nSPS) is 10.3. The van der Waals surface area contributed by atoms with Crippen LogP contribution < -0.4 is 10.6 Å². The maximum absolute atomic E-state index is 12.2. The van der Waals surface area contributed by atoms with Crippen molar-refractivity contribution in [3.05, 3.63) is 45.8 Å². The third kappa shape index (κ3) is 5.30. The lowest BCUT2D eigenvalue weighted by Gasteiger charge is -2.11. The summed E-state index contributed by atoms with van der Waals surface area (Å²) in [5.74, 6) is -1.06. The van der Waals surface area contributed by atoms with E-state index in [9.17, 15) is 9.59 Å². The van der Waals surface area contributed by atoms with Crippen LogP contribution in [0.15, 0.2) is 24.3 Å². The fourth-order valence-electron chi connectivity index (χ4n) is 2.64. The molecule has 0 amide bonds. The number of thiocarbonyl (C=S) groups is 1. The monoisotopic (exact) mass is 420 g/mol. The third-order valence-corrected chi connectivity index (χ3v) is 5.56. The van der Waals surface area contributed by atoms with Gasteiger partial charge in [0, 0.05) is 5.69 Å². The topological polar surface area (TPSA) is 76.7 Å². The Balaban J connectivity index is 2.16. The van der Waals surface area contributed by atoms with Gasteiger partial charge in [0.15, 0.2) is 5.11 Å². The number of hydrogen-bond donors (Lipinski definition) is 2. The van der Waals surface area contributed by atoms with Gasteiger partial charge in [0.25, 0.3) is 0 Å². The largest absolute Gasteiger partial charge is 0.465 e. The number of unbranched alkanes of at least 4 members (excludes halogenated alkanes) is 1. The number of carbonyl (C=O) groups is 2. The van der Waals surface area contributed by atoms with Crippen LogP contribution >= 0.6 is 23.6 Å². The Kier molecular flexibility index (Phi) is 7.95. The number of esters is 2. The zero-order chi connectivity index (χ0) is 20.7. The Bertz CT molecular complexity index is 860. The summed E-state index contributed by atoms with van der Waals surface area (Å²) < 4.78 is 9.62. The molecule has 2 rings (SSSR count). The number of hydrogen-bond acceptors (Lipinski definition) is 6. The fourth-order valence-corrected chi connectivity index (χ4v) is 4.04. The average molecular weight is 421 g/mol. The second kappa shape index (κ2) is 10.2. The highest BCUT2D eigenvalue weighted by atomic mass is 32.1. The van der Waals surface area contributed by atoms with E-state index >= 15 is 0 Å². The van der Waals surface area contributed by atoms with Crippen molar-refractivity contribution in [2.24, 2.45) is 0 Å². The smallest absolute Gasteiger partial charge is 0.348 e. The number of carbonyl (C=O) groups excluding carboxylic acids is 2. The second-order valence-corrected chi connectivity index (χ2v) is 7.55. The number of benzene rings is 1. The molecule has 0 aliphatic heterocycles. The maximum atomic E-state index is 12.2. The SMILES string of the molecule is CCCCc1ccc(NC(=S)Nc2sc(C(=O)OC)c(C)c2C(=O)OC)cc1. The van der Waals surface area contributed by atoms with Crippen LogP contribution in [-0.4, -0.2) is 31.3 Å². The molecular weight excluding hydrogens is 396 g/mol. The lowest BCUT2D eigenvalue weighted by atomic mass is 10.1. The van der Waals surface area contributed by atoms with Gasteiger partial charge in [0.2, 0.25) is 0 Å². The number of ether oxygens (including phenoxy) is 2. The Morgan fingerprint density at radius 2 is 1.71 bits per heavy atom. The van der Waals surface area contributed by atoms with Crippen molar-refractivity contribution in [2.45, 2.75) is 33.1 Å². The predicted octanol–water partition coefficient (Wildman–Crippen LogP) is 4.78. The van der Waals surface area contributed by atoms with Crippen molar-refractivity contribution in [3.63, 3.8) is 0 Å². The number of rotatable bonds is 7. The summed E-state index contributed by atoms with van der Waals surface area (Å²) in [6.07, 6.45) is 3.36. The molecule has 0 bridgehead atoms. The minimum absolute atomic E-state index is 0.270. The molecule has 1 aromatic heterocycles. The summed E-state index contributed by atoms with van der Waals surface area (Å²) in [6, 6.07) is 8.04. The van der Waals surface area contributed by atoms with E-state index in [0.29, 0.717) is 20.6 Å². The summed E-state index contributed by atoms with van der Waals surface area (Å²) in [5, 5.41) is 6.82. The van der Waals surface area contributed by atoms with Crippen molar-refractivity contribution < 1.29 is 19.1 Å². The molecule has 28 heavy (non-hydrogen) atoms. The highest BCUT2D eigenvalue weighted by Gasteiger charge is 2.26. The van der Waals surface area contributed by atoms with Crippen LogP contribution in [0.2, 0.25) is 0 Å². The number of thiophene rings is 1. The lowest BCUT2D eigenvalue weighted by Crippen LogP contribution is -2.20. The molecule has 6 nitrogen and oxygen atoms in total. The van der Waals surface area contributed by atoms with E-state index in [0.717, 1.165) is 36.3 Å². The first-order valence-electron chi connectivity index (χ1n) is 8.88. The van der Waals surface area contributed by atoms with Gasteiger partial charge in [-0.15, -0.1) is 11.3 Å². The summed E-state index contributed by atoms with van der Waals surface area (Å²) in [7, 11) is 2.58. The molecule has 8 heteroatoms. The molecule has 0 saturated heterocycles. The Labute approximate surface area is 174 Å². The van der Waals surface area contributed by atoms with Gasteiger partial charge < -0.3 is 20.1 Å². The summed E-state index contributed by atoms with van der Waals surface area (Å²) in [6.45, 7) is 3.84. The number of methoxy groups -OCH3 is 2. The van der Waals surface area contributed by atoms with Gasteiger partial charge in [-0.3, -0.25) is 0 Å². The van der Waals surface area contributed by atoms with E-state index in [2.05, 4.69) is 29.7 Å². The third-order valence-electron chi connectivity index (χ3n) is 4.16. The molecule has 1 aromatic carbocycles. The molecule has 2 N–H and O–H groups in total. The maximum Gasteiger partial charge on any atom is 0.348 e. The predicted molar refractivity (Wildman–Crippen MR) is 117 cm³/mol.